The van der Waals surface area contributed by atoms with E-state index < -0.39 is 18.3 Å². The lowest BCUT2D eigenvalue weighted by Gasteiger charge is -2.38. The fourth-order valence-corrected chi connectivity index (χ4v) is 3.14. The van der Waals surface area contributed by atoms with E-state index in [1.807, 2.05) is 6.92 Å². The molecule has 14 heavy (non-hydrogen) atoms. The second-order valence-electron chi connectivity index (χ2n) is 3.68. The molecule has 6 atom stereocenters. The largest absolute Gasteiger partial charge is 0.394 e. The van der Waals surface area contributed by atoms with E-state index in [0.717, 1.165) is 0 Å². The topological polar surface area (TPSA) is 82.0 Å². The molecule has 1 unspecified atom stereocenters. The number of fused-ring (bicyclic) bond motifs is 1. The summed E-state index contributed by atoms with van der Waals surface area (Å²) in [5.74, 6) is 0. The van der Waals surface area contributed by atoms with Crippen LogP contribution in [-0.2, 0) is 4.74 Å². The normalized spacial score (nSPS) is 53.1. The van der Waals surface area contributed by atoms with E-state index >= 15 is 0 Å². The number of rotatable bonds is 1. The van der Waals surface area contributed by atoms with Gasteiger partial charge in [0.1, 0.15) is 23.7 Å². The van der Waals surface area contributed by atoms with Crippen LogP contribution >= 0.6 is 11.8 Å². The van der Waals surface area contributed by atoms with Gasteiger partial charge in [-0.15, -0.1) is 11.8 Å². The summed E-state index contributed by atoms with van der Waals surface area (Å²) < 4.78 is 5.45. The number of nitrogens with one attached hydrogen (secondary N) is 1. The fourth-order valence-electron chi connectivity index (χ4n) is 1.89. The van der Waals surface area contributed by atoms with Crippen LogP contribution in [0.1, 0.15) is 6.92 Å². The number of ether oxygens (including phenoxy) is 1. The van der Waals surface area contributed by atoms with Gasteiger partial charge in [0.25, 0.3) is 0 Å². The molecule has 0 spiro atoms. The van der Waals surface area contributed by atoms with Crippen molar-refractivity contribution < 1.29 is 20.1 Å². The van der Waals surface area contributed by atoms with Gasteiger partial charge < -0.3 is 20.1 Å². The molecule has 4 N–H and O–H groups in total. The van der Waals surface area contributed by atoms with E-state index in [1.165, 1.54) is 0 Å². The van der Waals surface area contributed by atoms with E-state index in [9.17, 15) is 10.2 Å². The van der Waals surface area contributed by atoms with Crippen molar-refractivity contribution in [3.8, 4) is 0 Å². The molecule has 0 bridgehead atoms. The van der Waals surface area contributed by atoms with Crippen molar-refractivity contribution in [2.45, 2.75) is 42.1 Å². The molecule has 2 rings (SSSR count). The minimum atomic E-state index is -1.01. The van der Waals surface area contributed by atoms with Crippen molar-refractivity contribution in [2.75, 3.05) is 6.61 Å². The third-order valence-electron chi connectivity index (χ3n) is 2.65. The maximum Gasteiger partial charge on any atom is 0.123 e. The minimum absolute atomic E-state index is 0.180. The number of aliphatic hydroxyl groups is 3. The standard InChI is InChI=1S/C8H15NO4S/c1-3-9-5-7(12)6(11)4(2-10)13-8(5)14-3/h3-12H,2H2,1H3/t3?,4-,5-,6-,7-,8-/m1/s1. The van der Waals surface area contributed by atoms with Crippen LogP contribution in [0.2, 0.25) is 0 Å². The van der Waals surface area contributed by atoms with Crippen molar-refractivity contribution >= 4 is 11.8 Å². The lowest BCUT2D eigenvalue weighted by Crippen LogP contribution is -2.59. The zero-order valence-corrected chi connectivity index (χ0v) is 8.65. The molecule has 0 amide bonds. The molecular weight excluding hydrogens is 206 g/mol. The average Bonchev–Trinajstić information content (AvgIpc) is 2.52. The SMILES string of the molecule is CC1N[C@@H]2[C@@H](O)[C@H](O)[C@@H](CO)O[C@@H]2S1. The molecule has 0 saturated carbocycles. The summed E-state index contributed by atoms with van der Waals surface area (Å²) in [5, 5.41) is 31.6. The van der Waals surface area contributed by atoms with E-state index in [4.69, 9.17) is 9.84 Å². The van der Waals surface area contributed by atoms with E-state index in [1.54, 1.807) is 11.8 Å². The van der Waals surface area contributed by atoms with Gasteiger partial charge in [0.05, 0.1) is 18.0 Å². The predicted molar refractivity (Wildman–Crippen MR) is 51.7 cm³/mol. The summed E-state index contributed by atoms with van der Waals surface area (Å²) in [7, 11) is 0. The molecule has 82 valence electrons. The molecule has 2 heterocycles. The number of aliphatic hydroxyl groups excluding tert-OH is 3. The van der Waals surface area contributed by atoms with Crippen molar-refractivity contribution in [3.05, 3.63) is 0 Å². The monoisotopic (exact) mass is 221 g/mol. The minimum Gasteiger partial charge on any atom is -0.394 e. The molecule has 0 radical (unpaired) electrons. The molecular formula is C8H15NO4S. The number of hydrogen-bond donors (Lipinski definition) is 4. The van der Waals surface area contributed by atoms with Crippen LogP contribution in [0.15, 0.2) is 0 Å². The zero-order chi connectivity index (χ0) is 10.3. The smallest absolute Gasteiger partial charge is 0.123 e. The first kappa shape index (κ1) is 10.7. The van der Waals surface area contributed by atoms with E-state index in [0.29, 0.717) is 0 Å². The molecule has 2 fully saturated rings. The molecule has 0 aromatic rings. The highest BCUT2D eigenvalue weighted by Gasteiger charge is 2.48. The van der Waals surface area contributed by atoms with Gasteiger partial charge in [0.15, 0.2) is 0 Å². The molecule has 5 nitrogen and oxygen atoms in total. The van der Waals surface area contributed by atoms with Crippen molar-refractivity contribution in [1.29, 1.82) is 0 Å². The second kappa shape index (κ2) is 3.96. The summed E-state index contributed by atoms with van der Waals surface area (Å²) >= 11 is 1.56. The first-order valence-electron chi connectivity index (χ1n) is 4.67. The average molecular weight is 221 g/mol. The third-order valence-corrected chi connectivity index (χ3v) is 3.86. The summed E-state index contributed by atoms with van der Waals surface area (Å²) in [4.78, 5) is 0. The Morgan fingerprint density at radius 2 is 2.07 bits per heavy atom. The molecule has 0 aromatic carbocycles. The molecule has 2 aliphatic heterocycles. The fraction of sp³-hybridized carbons (Fsp3) is 1.00. The molecule has 0 aromatic heterocycles. The molecule has 2 aliphatic rings. The Kier molecular flexibility index (Phi) is 3.01. The van der Waals surface area contributed by atoms with Gasteiger partial charge >= 0.3 is 0 Å². The van der Waals surface area contributed by atoms with Crippen LogP contribution in [0.3, 0.4) is 0 Å². The van der Waals surface area contributed by atoms with Crippen molar-refractivity contribution in [1.82, 2.24) is 5.32 Å². The zero-order valence-electron chi connectivity index (χ0n) is 7.83. The highest BCUT2D eigenvalue weighted by atomic mass is 32.2. The van der Waals surface area contributed by atoms with Gasteiger partial charge in [0.2, 0.25) is 0 Å². The highest BCUT2D eigenvalue weighted by molar-refractivity contribution is 8.00. The number of hydrogen-bond acceptors (Lipinski definition) is 6. The Hall–Kier alpha value is 0.150. The Labute approximate surface area is 86.5 Å². The van der Waals surface area contributed by atoms with E-state index in [2.05, 4.69) is 5.32 Å². The van der Waals surface area contributed by atoms with Gasteiger partial charge in [0, 0.05) is 0 Å². The van der Waals surface area contributed by atoms with Crippen LogP contribution in [0.4, 0.5) is 0 Å². The van der Waals surface area contributed by atoms with Crippen molar-refractivity contribution in [2.24, 2.45) is 0 Å². The first-order chi connectivity index (χ1) is 6.63. The van der Waals surface area contributed by atoms with Gasteiger partial charge in [-0.2, -0.15) is 0 Å². The van der Waals surface area contributed by atoms with Crippen LogP contribution in [0.25, 0.3) is 0 Å². The molecule has 2 saturated heterocycles. The van der Waals surface area contributed by atoms with Crippen LogP contribution < -0.4 is 5.32 Å². The van der Waals surface area contributed by atoms with Crippen LogP contribution in [-0.4, -0.2) is 57.1 Å². The van der Waals surface area contributed by atoms with Crippen LogP contribution in [0.5, 0.6) is 0 Å². The van der Waals surface area contributed by atoms with Gasteiger partial charge in [-0.3, -0.25) is 5.32 Å². The third kappa shape index (κ3) is 1.66. The maximum atomic E-state index is 9.75. The summed E-state index contributed by atoms with van der Waals surface area (Å²) in [6.45, 7) is 1.70. The Bertz CT molecular complexity index is 216. The summed E-state index contributed by atoms with van der Waals surface area (Å²) in [6, 6.07) is -0.243. The van der Waals surface area contributed by atoms with Gasteiger partial charge in [-0.1, -0.05) is 0 Å². The highest BCUT2D eigenvalue weighted by Crippen LogP contribution is 2.35. The predicted octanol–water partition coefficient (Wildman–Crippen LogP) is -1.52. The Balaban J connectivity index is 2.09. The maximum absolute atomic E-state index is 9.75. The van der Waals surface area contributed by atoms with Gasteiger partial charge in [-0.25, -0.2) is 0 Å². The Morgan fingerprint density at radius 3 is 2.71 bits per heavy atom. The lowest BCUT2D eigenvalue weighted by atomic mass is 9.98. The lowest BCUT2D eigenvalue weighted by molar-refractivity contribution is -0.168. The molecule has 6 heteroatoms. The summed E-state index contributed by atoms with van der Waals surface area (Å²) in [5.41, 5.74) is -0.180. The molecule has 0 aliphatic carbocycles. The first-order valence-corrected chi connectivity index (χ1v) is 5.61. The quantitative estimate of drug-likeness (QED) is 0.430. The Morgan fingerprint density at radius 1 is 1.36 bits per heavy atom. The van der Waals surface area contributed by atoms with Crippen LogP contribution in [0, 0.1) is 0 Å². The van der Waals surface area contributed by atoms with Gasteiger partial charge in [-0.05, 0) is 6.92 Å². The number of thioether (sulfide) groups is 1. The van der Waals surface area contributed by atoms with E-state index in [-0.39, 0.29) is 23.5 Å². The second-order valence-corrected chi connectivity index (χ2v) is 5.12. The van der Waals surface area contributed by atoms with Crippen molar-refractivity contribution in [3.63, 3.8) is 0 Å². The summed E-state index contributed by atoms with van der Waals surface area (Å²) in [6.07, 6.45) is -2.56.